The number of fused-ring (bicyclic) bond motifs is 1. The van der Waals surface area contributed by atoms with Crippen LogP contribution in [0.5, 0.6) is 11.5 Å². The summed E-state index contributed by atoms with van der Waals surface area (Å²) in [6, 6.07) is 13.4. The first-order chi connectivity index (χ1) is 16.0. The number of hydrogen-bond donors (Lipinski definition) is 0. The molecular weight excluding hydrogens is 504 g/mol. The van der Waals surface area contributed by atoms with Crippen molar-refractivity contribution in [1.29, 1.82) is 0 Å². The van der Waals surface area contributed by atoms with Crippen molar-refractivity contribution < 1.29 is 19.0 Å². The molecule has 2 aliphatic heterocycles. The van der Waals surface area contributed by atoms with Gasteiger partial charge in [0.05, 0.1) is 30.5 Å². The molecule has 0 aliphatic carbocycles. The van der Waals surface area contributed by atoms with E-state index in [2.05, 4.69) is 20.9 Å². The summed E-state index contributed by atoms with van der Waals surface area (Å²) in [6.45, 7) is 6.78. The lowest BCUT2D eigenvalue weighted by Crippen LogP contribution is -2.34. The summed E-state index contributed by atoms with van der Waals surface area (Å²) in [6.07, 6.45) is 1.94. The number of esters is 1. The number of nitrogens with zero attached hydrogens (tertiary/aromatic N) is 2. The minimum absolute atomic E-state index is 0.293. The van der Waals surface area contributed by atoms with Gasteiger partial charge in [0, 0.05) is 10.7 Å². The lowest BCUT2D eigenvalue weighted by atomic mass is 9.94. The Bertz CT molecular complexity index is 1130. The van der Waals surface area contributed by atoms with Crippen molar-refractivity contribution >= 4 is 38.8 Å². The van der Waals surface area contributed by atoms with Crippen LogP contribution in [0.4, 0.5) is 0 Å². The summed E-state index contributed by atoms with van der Waals surface area (Å²) in [7, 11) is 0. The maximum absolute atomic E-state index is 13.0. The summed E-state index contributed by atoms with van der Waals surface area (Å²) in [4.78, 5) is 19.6. The molecule has 0 unspecified atom stereocenters. The van der Waals surface area contributed by atoms with Crippen LogP contribution in [0.15, 0.2) is 74.8 Å². The van der Waals surface area contributed by atoms with Gasteiger partial charge in [-0.15, -0.1) is 0 Å². The van der Waals surface area contributed by atoms with Gasteiger partial charge in [-0.3, -0.25) is 0 Å². The normalized spacial score (nSPS) is 17.0. The van der Waals surface area contributed by atoms with Crippen molar-refractivity contribution in [2.45, 2.75) is 33.4 Å². The molecule has 33 heavy (non-hydrogen) atoms. The molecule has 0 spiro atoms. The summed E-state index contributed by atoms with van der Waals surface area (Å²) in [5, 5.41) is 2.78. The second kappa shape index (κ2) is 10.5. The molecule has 0 fully saturated rings. The average molecular weight is 529 g/mol. The second-order valence-electron chi connectivity index (χ2n) is 7.35. The predicted octanol–water partition coefficient (Wildman–Crippen LogP) is 6.19. The van der Waals surface area contributed by atoms with Crippen LogP contribution in [0.1, 0.15) is 37.9 Å². The first kappa shape index (κ1) is 23.4. The van der Waals surface area contributed by atoms with Crippen molar-refractivity contribution in [2.24, 2.45) is 4.99 Å². The minimum Gasteiger partial charge on any atom is -0.490 e. The first-order valence-corrected chi connectivity index (χ1v) is 12.4. The van der Waals surface area contributed by atoms with Crippen LogP contribution in [0.25, 0.3) is 0 Å². The smallest absolute Gasteiger partial charge is 0.338 e. The molecule has 8 heteroatoms. The van der Waals surface area contributed by atoms with E-state index in [1.54, 1.807) is 6.92 Å². The fourth-order valence-corrected chi connectivity index (χ4v) is 5.08. The highest BCUT2D eigenvalue weighted by molar-refractivity contribution is 9.10. The molecule has 0 saturated heterocycles. The van der Waals surface area contributed by atoms with Gasteiger partial charge < -0.3 is 19.1 Å². The highest BCUT2D eigenvalue weighted by Gasteiger charge is 2.39. The van der Waals surface area contributed by atoms with Crippen molar-refractivity contribution in [3.8, 4) is 11.5 Å². The number of hydrogen-bond acceptors (Lipinski definition) is 7. The highest BCUT2D eigenvalue weighted by atomic mass is 79.9. The summed E-state index contributed by atoms with van der Waals surface area (Å²) in [5.74, 6) is 0.875. The van der Waals surface area contributed by atoms with Gasteiger partial charge in [-0.1, -0.05) is 58.0 Å². The lowest BCUT2D eigenvalue weighted by molar-refractivity contribution is -0.139. The number of benzene rings is 2. The highest BCUT2D eigenvalue weighted by Crippen LogP contribution is 2.46. The van der Waals surface area contributed by atoms with Crippen LogP contribution >= 0.6 is 27.7 Å². The van der Waals surface area contributed by atoms with Crippen LogP contribution in [0, 0.1) is 0 Å². The molecule has 2 aromatic carbocycles. The van der Waals surface area contributed by atoms with E-state index in [9.17, 15) is 4.79 Å². The van der Waals surface area contributed by atoms with E-state index in [1.165, 1.54) is 11.8 Å². The number of rotatable bonds is 8. The fourth-order valence-electron chi connectivity index (χ4n) is 3.75. The minimum atomic E-state index is -0.403. The molecule has 4 rings (SSSR count). The molecule has 0 saturated carbocycles. The van der Waals surface area contributed by atoms with Crippen LogP contribution < -0.4 is 9.47 Å². The van der Waals surface area contributed by atoms with E-state index in [-0.39, 0.29) is 5.97 Å². The molecule has 2 aliphatic rings. The predicted molar refractivity (Wildman–Crippen MR) is 134 cm³/mol. The lowest BCUT2D eigenvalue weighted by Gasteiger charge is -2.34. The topological polar surface area (TPSA) is 60.4 Å². The van der Waals surface area contributed by atoms with Crippen molar-refractivity contribution in [3.05, 3.63) is 80.9 Å². The maximum Gasteiger partial charge on any atom is 0.338 e. The third kappa shape index (κ3) is 4.96. The Morgan fingerprint density at radius 2 is 1.88 bits per heavy atom. The standard InChI is InChI=1S/C25H25BrN2O4S/c1-4-30-20-13-18(19(26)14-21(20)32-15-17-9-7-6-8-10-17)23-22(24(29)31-5-2)16(3)27-25-28(23)11-12-33-25/h6-14,23H,4-5,15H2,1-3H3/t23-/m1/s1. The van der Waals surface area contributed by atoms with E-state index >= 15 is 0 Å². The average Bonchev–Trinajstić information content (AvgIpc) is 3.27. The number of carbonyl (C=O) groups excluding carboxylic acids is 1. The van der Waals surface area contributed by atoms with Gasteiger partial charge in [-0.05, 0) is 49.4 Å². The van der Waals surface area contributed by atoms with Crippen molar-refractivity contribution in [2.75, 3.05) is 13.2 Å². The molecule has 0 bridgehead atoms. The monoisotopic (exact) mass is 528 g/mol. The summed E-state index contributed by atoms with van der Waals surface area (Å²) < 4.78 is 18.2. The van der Waals surface area contributed by atoms with Crippen molar-refractivity contribution in [1.82, 2.24) is 4.90 Å². The molecule has 172 valence electrons. The largest absolute Gasteiger partial charge is 0.490 e. The third-order valence-electron chi connectivity index (χ3n) is 5.21. The molecular formula is C25H25BrN2O4S. The number of amidine groups is 1. The van der Waals surface area contributed by atoms with Gasteiger partial charge in [0.2, 0.25) is 0 Å². The molecule has 1 atom stereocenters. The molecule has 2 heterocycles. The molecule has 2 aromatic rings. The van der Waals surface area contributed by atoms with Gasteiger partial charge in [-0.25, -0.2) is 9.79 Å². The second-order valence-corrected chi connectivity index (χ2v) is 9.08. The molecule has 0 amide bonds. The Morgan fingerprint density at radius 3 is 2.61 bits per heavy atom. The van der Waals surface area contributed by atoms with E-state index in [4.69, 9.17) is 14.2 Å². The van der Waals surface area contributed by atoms with Crippen molar-refractivity contribution in [3.63, 3.8) is 0 Å². The Labute approximate surface area is 206 Å². The number of carbonyl (C=O) groups is 1. The van der Waals surface area contributed by atoms with Gasteiger partial charge in [0.1, 0.15) is 6.61 Å². The van der Waals surface area contributed by atoms with E-state index in [0.29, 0.717) is 42.6 Å². The maximum atomic E-state index is 13.0. The number of allylic oxidation sites excluding steroid dienone is 1. The number of halogens is 1. The van der Waals surface area contributed by atoms with E-state index in [1.807, 2.05) is 72.8 Å². The summed E-state index contributed by atoms with van der Waals surface area (Å²) >= 11 is 5.24. The Hall–Kier alpha value is -2.71. The van der Waals surface area contributed by atoms with Gasteiger partial charge >= 0.3 is 5.97 Å². The first-order valence-electron chi connectivity index (χ1n) is 10.7. The SMILES string of the molecule is CCOC(=O)C1=C(C)N=C2SC=CN2[C@@H]1c1cc(OCC)c(OCc2ccccc2)cc1Br. The van der Waals surface area contributed by atoms with Crippen LogP contribution in [0.3, 0.4) is 0 Å². The van der Waals surface area contributed by atoms with E-state index < -0.39 is 6.04 Å². The quantitative estimate of drug-likeness (QED) is 0.380. The summed E-state index contributed by atoms with van der Waals surface area (Å²) in [5.41, 5.74) is 3.09. The zero-order valence-corrected chi connectivity index (χ0v) is 21.1. The Kier molecular flexibility index (Phi) is 7.45. The molecule has 0 N–H and O–H groups in total. The Morgan fingerprint density at radius 1 is 1.12 bits per heavy atom. The molecule has 0 radical (unpaired) electrons. The molecule has 6 nitrogen and oxygen atoms in total. The fraction of sp³-hybridized carbons (Fsp3) is 0.280. The molecule has 0 aromatic heterocycles. The number of aliphatic imine (C=N–C) groups is 1. The van der Waals surface area contributed by atoms with Gasteiger partial charge in [-0.2, -0.15) is 0 Å². The number of thioether (sulfide) groups is 1. The Balaban J connectivity index is 1.74. The zero-order valence-electron chi connectivity index (χ0n) is 18.7. The van der Waals surface area contributed by atoms with Gasteiger partial charge in [0.15, 0.2) is 16.7 Å². The number of ether oxygens (including phenoxy) is 3. The van der Waals surface area contributed by atoms with Gasteiger partial charge in [0.25, 0.3) is 0 Å². The zero-order chi connectivity index (χ0) is 23.4. The van der Waals surface area contributed by atoms with Crippen LogP contribution in [-0.4, -0.2) is 29.3 Å². The third-order valence-corrected chi connectivity index (χ3v) is 6.67. The van der Waals surface area contributed by atoms with E-state index in [0.717, 1.165) is 20.8 Å². The van der Waals surface area contributed by atoms with Crippen LogP contribution in [-0.2, 0) is 16.1 Å². The van der Waals surface area contributed by atoms with Crippen LogP contribution in [0.2, 0.25) is 0 Å².